The van der Waals surface area contributed by atoms with Gasteiger partial charge in [-0.1, -0.05) is 23.2 Å². The summed E-state index contributed by atoms with van der Waals surface area (Å²) in [7, 11) is 3.89. The van der Waals surface area contributed by atoms with Crippen molar-refractivity contribution in [2.45, 2.75) is 19.9 Å². The van der Waals surface area contributed by atoms with Gasteiger partial charge < -0.3 is 9.80 Å². The zero-order valence-electron chi connectivity index (χ0n) is 13.8. The third kappa shape index (κ3) is 3.19. The van der Waals surface area contributed by atoms with Gasteiger partial charge in [-0.3, -0.25) is 4.79 Å². The molecule has 3 rings (SSSR count). The monoisotopic (exact) mass is 364 g/mol. The lowest BCUT2D eigenvalue weighted by Gasteiger charge is -2.31. The van der Waals surface area contributed by atoms with Gasteiger partial charge in [0.1, 0.15) is 11.6 Å². The predicted molar refractivity (Wildman–Crippen MR) is 96.0 cm³/mol. The minimum absolute atomic E-state index is 0.104. The van der Waals surface area contributed by atoms with Gasteiger partial charge in [-0.2, -0.15) is 0 Å². The first-order valence-corrected chi connectivity index (χ1v) is 8.40. The lowest BCUT2D eigenvalue weighted by Crippen LogP contribution is -2.37. The minimum atomic E-state index is -0.104. The van der Waals surface area contributed by atoms with E-state index in [0.717, 1.165) is 22.9 Å². The van der Waals surface area contributed by atoms with Crippen LogP contribution in [0.5, 0.6) is 0 Å². The van der Waals surface area contributed by atoms with Crippen LogP contribution in [0.3, 0.4) is 0 Å². The summed E-state index contributed by atoms with van der Waals surface area (Å²) < 4.78 is 0. The van der Waals surface area contributed by atoms with E-state index < -0.39 is 0 Å². The molecule has 24 heavy (non-hydrogen) atoms. The van der Waals surface area contributed by atoms with Crippen LogP contribution in [0.1, 0.15) is 27.4 Å². The van der Waals surface area contributed by atoms with Crippen molar-refractivity contribution < 1.29 is 4.79 Å². The highest BCUT2D eigenvalue weighted by Crippen LogP contribution is 2.28. The highest BCUT2D eigenvalue weighted by molar-refractivity contribution is 6.36. The smallest absolute Gasteiger partial charge is 0.255 e. The minimum Gasteiger partial charge on any atom is -0.362 e. The Morgan fingerprint density at radius 1 is 1.25 bits per heavy atom. The van der Waals surface area contributed by atoms with Crippen LogP contribution < -0.4 is 4.90 Å². The zero-order chi connectivity index (χ0) is 17.4. The van der Waals surface area contributed by atoms with Gasteiger partial charge in [-0.25, -0.2) is 9.97 Å². The first kappa shape index (κ1) is 17.0. The lowest BCUT2D eigenvalue weighted by molar-refractivity contribution is 0.0734. The van der Waals surface area contributed by atoms with Crippen LogP contribution >= 0.6 is 23.2 Å². The van der Waals surface area contributed by atoms with Crippen LogP contribution in [0, 0.1) is 6.92 Å². The van der Waals surface area contributed by atoms with E-state index in [2.05, 4.69) is 9.97 Å². The topological polar surface area (TPSA) is 49.3 Å². The number of hydrogen-bond donors (Lipinski definition) is 0. The number of halogens is 2. The highest BCUT2D eigenvalue weighted by Gasteiger charge is 2.27. The largest absolute Gasteiger partial charge is 0.362 e. The highest BCUT2D eigenvalue weighted by atomic mass is 35.5. The normalized spacial score (nSPS) is 13.6. The van der Waals surface area contributed by atoms with Crippen molar-refractivity contribution in [2.24, 2.45) is 0 Å². The predicted octanol–water partition coefficient (Wildman–Crippen LogP) is 3.36. The van der Waals surface area contributed by atoms with Gasteiger partial charge >= 0.3 is 0 Å². The third-order valence-corrected chi connectivity index (χ3v) is 4.57. The Labute approximate surface area is 151 Å². The number of anilines is 1. The molecule has 1 aromatic carbocycles. The molecule has 1 aromatic heterocycles. The molecule has 1 aliphatic rings. The molecule has 0 N–H and O–H groups in total. The summed E-state index contributed by atoms with van der Waals surface area (Å²) in [6.45, 7) is 2.97. The molecule has 0 saturated heterocycles. The molecule has 0 atom stereocenters. The molecule has 0 spiro atoms. The van der Waals surface area contributed by atoms with E-state index in [1.54, 1.807) is 23.1 Å². The van der Waals surface area contributed by atoms with Crippen molar-refractivity contribution in [3.05, 3.63) is 50.9 Å². The molecule has 0 aliphatic carbocycles. The number of aryl methyl sites for hydroxylation is 1. The number of amides is 1. The number of aromatic nitrogens is 2. The molecule has 0 bridgehead atoms. The number of fused-ring (bicyclic) bond motifs is 1. The number of rotatable bonds is 2. The van der Waals surface area contributed by atoms with Crippen molar-refractivity contribution in [3.63, 3.8) is 0 Å². The number of carbonyl (C=O) groups excluding carboxylic acids is 1. The maximum Gasteiger partial charge on any atom is 0.255 e. The van der Waals surface area contributed by atoms with Gasteiger partial charge in [0.15, 0.2) is 0 Å². The number of benzene rings is 1. The summed E-state index contributed by atoms with van der Waals surface area (Å²) in [5, 5.41) is 0.880. The van der Waals surface area contributed by atoms with Crippen molar-refractivity contribution in [1.82, 2.24) is 14.9 Å². The Morgan fingerprint density at radius 2 is 2.00 bits per heavy atom. The van der Waals surface area contributed by atoms with Crippen LogP contribution in [0.4, 0.5) is 5.82 Å². The maximum atomic E-state index is 12.8. The fourth-order valence-corrected chi connectivity index (χ4v) is 3.38. The molecule has 0 radical (unpaired) electrons. The Kier molecular flexibility index (Phi) is 4.65. The van der Waals surface area contributed by atoms with Crippen molar-refractivity contribution in [3.8, 4) is 0 Å². The molecule has 126 valence electrons. The first-order chi connectivity index (χ1) is 11.4. The summed E-state index contributed by atoms with van der Waals surface area (Å²) in [5.74, 6) is 1.50. The summed E-state index contributed by atoms with van der Waals surface area (Å²) in [5.41, 5.74) is 2.47. The molecule has 2 heterocycles. The van der Waals surface area contributed by atoms with E-state index in [-0.39, 0.29) is 5.91 Å². The molecule has 1 aliphatic heterocycles. The zero-order valence-corrected chi connectivity index (χ0v) is 15.3. The van der Waals surface area contributed by atoms with E-state index in [1.807, 2.05) is 25.9 Å². The molecule has 0 unspecified atom stereocenters. The quantitative estimate of drug-likeness (QED) is 0.819. The van der Waals surface area contributed by atoms with Crippen molar-refractivity contribution in [2.75, 3.05) is 25.5 Å². The molecule has 2 aromatic rings. The van der Waals surface area contributed by atoms with Crippen LogP contribution in [0.15, 0.2) is 18.2 Å². The van der Waals surface area contributed by atoms with E-state index >= 15 is 0 Å². The molecule has 1 amide bonds. The molecule has 0 saturated carbocycles. The second-order valence-corrected chi connectivity index (χ2v) is 6.86. The van der Waals surface area contributed by atoms with Crippen molar-refractivity contribution >= 4 is 34.9 Å². The second kappa shape index (κ2) is 6.57. The van der Waals surface area contributed by atoms with Crippen LogP contribution in [0.2, 0.25) is 10.0 Å². The fraction of sp³-hybridized carbons (Fsp3) is 0.353. The Morgan fingerprint density at radius 3 is 2.67 bits per heavy atom. The molecular weight excluding hydrogens is 347 g/mol. The average Bonchev–Trinajstić information content (AvgIpc) is 2.53. The van der Waals surface area contributed by atoms with Gasteiger partial charge in [0.25, 0.3) is 5.91 Å². The maximum absolute atomic E-state index is 12.8. The average molecular weight is 365 g/mol. The standard InChI is InChI=1S/C17H18Cl2N4O/c1-10-20-15-6-7-23(9-13(15)16(21-10)22(2)3)17(24)12-5-4-11(18)8-14(12)19/h4-5,8H,6-7,9H2,1-3H3. The van der Waals surface area contributed by atoms with E-state index in [1.165, 1.54) is 0 Å². The molecular formula is C17H18Cl2N4O. The molecule has 5 nitrogen and oxygen atoms in total. The van der Waals surface area contributed by atoms with Crippen LogP contribution in [-0.4, -0.2) is 41.4 Å². The van der Waals surface area contributed by atoms with E-state index in [4.69, 9.17) is 23.2 Å². The molecule has 7 heteroatoms. The van der Waals surface area contributed by atoms with Gasteiger partial charge in [0, 0.05) is 37.6 Å². The summed E-state index contributed by atoms with van der Waals surface area (Å²) in [4.78, 5) is 25.6. The summed E-state index contributed by atoms with van der Waals surface area (Å²) in [6, 6.07) is 4.93. The SMILES string of the molecule is Cc1nc2c(c(N(C)C)n1)CN(C(=O)c1ccc(Cl)cc1Cl)CC2. The molecule has 0 fully saturated rings. The van der Waals surface area contributed by atoms with Gasteiger partial charge in [-0.05, 0) is 25.1 Å². The Hall–Kier alpha value is -1.85. The van der Waals surface area contributed by atoms with E-state index in [9.17, 15) is 4.79 Å². The number of nitrogens with zero attached hydrogens (tertiary/aromatic N) is 4. The second-order valence-electron chi connectivity index (χ2n) is 6.01. The Bertz CT molecular complexity index is 807. The van der Waals surface area contributed by atoms with Crippen LogP contribution in [-0.2, 0) is 13.0 Å². The first-order valence-electron chi connectivity index (χ1n) is 7.65. The number of carbonyl (C=O) groups is 1. The van der Waals surface area contributed by atoms with E-state index in [0.29, 0.717) is 35.1 Å². The van der Waals surface area contributed by atoms with Gasteiger partial charge in [-0.15, -0.1) is 0 Å². The summed E-state index contributed by atoms with van der Waals surface area (Å²) in [6.07, 6.45) is 0.705. The third-order valence-electron chi connectivity index (χ3n) is 4.02. The van der Waals surface area contributed by atoms with Crippen molar-refractivity contribution in [1.29, 1.82) is 0 Å². The Balaban J connectivity index is 1.93. The lowest BCUT2D eigenvalue weighted by atomic mass is 10.0. The van der Waals surface area contributed by atoms with Gasteiger partial charge in [0.05, 0.1) is 22.8 Å². The fourth-order valence-electron chi connectivity index (χ4n) is 2.89. The summed E-state index contributed by atoms with van der Waals surface area (Å²) >= 11 is 12.1. The van der Waals surface area contributed by atoms with Gasteiger partial charge in [0.2, 0.25) is 0 Å². The number of hydrogen-bond acceptors (Lipinski definition) is 4. The van der Waals surface area contributed by atoms with Crippen LogP contribution in [0.25, 0.3) is 0 Å².